The molecular weight excluding hydrogens is 457 g/mol. The Balaban J connectivity index is 1.42. The molecule has 0 aliphatic carbocycles. The van der Waals surface area contributed by atoms with Gasteiger partial charge in [-0.1, -0.05) is 42.5 Å². The number of carbonyl (C=O) groups excluding carboxylic acids is 3. The van der Waals surface area contributed by atoms with Crippen LogP contribution in [0.5, 0.6) is 0 Å². The van der Waals surface area contributed by atoms with E-state index in [1.807, 2.05) is 0 Å². The SMILES string of the molecule is CC1(c2ccccc2)NC(=O)N(NC(=O)Cc2csc(-c3ccc(C(F)(F)F)cc3)n2)C1=O. The van der Waals surface area contributed by atoms with Crippen LogP contribution in [0.4, 0.5) is 18.0 Å². The topological polar surface area (TPSA) is 91.4 Å². The van der Waals surface area contributed by atoms with Gasteiger partial charge < -0.3 is 5.32 Å². The van der Waals surface area contributed by atoms with E-state index in [2.05, 4.69) is 15.7 Å². The lowest BCUT2D eigenvalue weighted by Crippen LogP contribution is -2.48. The molecule has 1 fully saturated rings. The molecule has 0 radical (unpaired) electrons. The summed E-state index contributed by atoms with van der Waals surface area (Å²) in [7, 11) is 0. The first-order chi connectivity index (χ1) is 15.6. The van der Waals surface area contributed by atoms with Crippen molar-refractivity contribution in [2.24, 2.45) is 0 Å². The first kappa shape index (κ1) is 22.5. The Kier molecular flexibility index (Phi) is 5.66. The van der Waals surface area contributed by atoms with Gasteiger partial charge in [-0.25, -0.2) is 9.78 Å². The molecule has 0 bridgehead atoms. The number of halogens is 3. The van der Waals surface area contributed by atoms with Gasteiger partial charge in [-0.05, 0) is 24.6 Å². The lowest BCUT2D eigenvalue weighted by molar-refractivity contribution is -0.138. The number of hydrogen-bond acceptors (Lipinski definition) is 5. The summed E-state index contributed by atoms with van der Waals surface area (Å²) >= 11 is 1.17. The normalized spacial score (nSPS) is 18.4. The summed E-state index contributed by atoms with van der Waals surface area (Å²) in [5, 5.41) is 5.26. The van der Waals surface area contributed by atoms with Gasteiger partial charge in [-0.3, -0.25) is 15.0 Å². The highest BCUT2D eigenvalue weighted by Gasteiger charge is 2.49. The second-order valence-corrected chi connectivity index (χ2v) is 8.35. The third kappa shape index (κ3) is 4.44. The van der Waals surface area contributed by atoms with Crippen molar-refractivity contribution in [3.8, 4) is 10.6 Å². The number of hydrazine groups is 1. The molecule has 3 aromatic rings. The Labute approximate surface area is 190 Å². The van der Waals surface area contributed by atoms with Crippen molar-refractivity contribution in [1.82, 2.24) is 20.7 Å². The maximum absolute atomic E-state index is 12.8. The number of amides is 4. The van der Waals surface area contributed by atoms with E-state index in [1.54, 1.807) is 42.6 Å². The summed E-state index contributed by atoms with van der Waals surface area (Å²) in [4.78, 5) is 41.9. The van der Waals surface area contributed by atoms with Crippen molar-refractivity contribution in [3.63, 3.8) is 0 Å². The summed E-state index contributed by atoms with van der Waals surface area (Å²) in [6, 6.07) is 12.4. The van der Waals surface area contributed by atoms with Crippen LogP contribution in [0.3, 0.4) is 0 Å². The second kappa shape index (κ2) is 8.32. The summed E-state index contributed by atoms with van der Waals surface area (Å²) in [6.07, 6.45) is -4.66. The maximum Gasteiger partial charge on any atom is 0.416 e. The minimum Gasteiger partial charge on any atom is -0.318 e. The molecule has 1 atom stereocenters. The van der Waals surface area contributed by atoms with E-state index in [-0.39, 0.29) is 6.42 Å². The Hall–Kier alpha value is -3.73. The van der Waals surface area contributed by atoms with Crippen LogP contribution in [-0.2, 0) is 27.7 Å². The third-order valence-electron chi connectivity index (χ3n) is 5.13. The minimum absolute atomic E-state index is 0.226. The number of aromatic nitrogens is 1. The number of nitrogens with zero attached hydrogens (tertiary/aromatic N) is 2. The van der Waals surface area contributed by atoms with Crippen LogP contribution in [0, 0.1) is 0 Å². The van der Waals surface area contributed by atoms with Crippen LogP contribution in [0.15, 0.2) is 60.0 Å². The lowest BCUT2D eigenvalue weighted by Gasteiger charge is -2.22. The number of hydrogen-bond donors (Lipinski definition) is 2. The zero-order chi connectivity index (χ0) is 23.8. The van der Waals surface area contributed by atoms with E-state index in [0.717, 1.165) is 12.1 Å². The average Bonchev–Trinajstić information content (AvgIpc) is 3.33. The molecule has 1 unspecified atom stereocenters. The molecule has 1 saturated heterocycles. The molecule has 11 heteroatoms. The standard InChI is InChI=1S/C22H17F3N4O3S/c1-21(14-5-3-2-4-6-14)19(31)29(20(32)27-21)28-17(30)11-16-12-33-18(26-16)13-7-9-15(10-8-13)22(23,24)25/h2-10,12H,11H2,1H3,(H,27,32)(H,28,30). The second-order valence-electron chi connectivity index (χ2n) is 7.49. The number of carbonyl (C=O) groups is 3. The summed E-state index contributed by atoms with van der Waals surface area (Å²) in [5.41, 5.74) is 1.62. The molecule has 0 saturated carbocycles. The first-order valence-corrected chi connectivity index (χ1v) is 10.6. The van der Waals surface area contributed by atoms with Crippen molar-refractivity contribution >= 4 is 29.2 Å². The average molecular weight is 474 g/mol. The van der Waals surface area contributed by atoms with Crippen LogP contribution in [0.25, 0.3) is 10.6 Å². The molecule has 1 aromatic heterocycles. The monoisotopic (exact) mass is 474 g/mol. The van der Waals surface area contributed by atoms with Crippen LogP contribution >= 0.6 is 11.3 Å². The molecule has 2 N–H and O–H groups in total. The highest BCUT2D eigenvalue weighted by molar-refractivity contribution is 7.13. The van der Waals surface area contributed by atoms with E-state index >= 15 is 0 Å². The van der Waals surface area contributed by atoms with Crippen molar-refractivity contribution in [2.45, 2.75) is 25.1 Å². The molecule has 33 heavy (non-hydrogen) atoms. The summed E-state index contributed by atoms with van der Waals surface area (Å²) in [5.74, 6) is -1.27. The van der Waals surface area contributed by atoms with Crippen molar-refractivity contribution < 1.29 is 27.6 Å². The first-order valence-electron chi connectivity index (χ1n) is 9.72. The highest BCUT2D eigenvalue weighted by Crippen LogP contribution is 2.32. The molecule has 4 rings (SSSR count). The number of thiazole rings is 1. The van der Waals surface area contributed by atoms with Gasteiger partial charge in [0.25, 0.3) is 5.91 Å². The van der Waals surface area contributed by atoms with Gasteiger partial charge >= 0.3 is 12.2 Å². The fourth-order valence-corrected chi connectivity index (χ4v) is 4.18. The molecular formula is C22H17F3N4O3S. The van der Waals surface area contributed by atoms with E-state index in [4.69, 9.17) is 0 Å². The number of alkyl halides is 3. The number of imide groups is 1. The molecule has 7 nitrogen and oxygen atoms in total. The number of nitrogens with one attached hydrogen (secondary N) is 2. The molecule has 4 amide bonds. The van der Waals surface area contributed by atoms with Gasteiger partial charge in [0, 0.05) is 10.9 Å². The fourth-order valence-electron chi connectivity index (χ4n) is 3.36. The summed E-state index contributed by atoms with van der Waals surface area (Å²) < 4.78 is 38.2. The van der Waals surface area contributed by atoms with Crippen molar-refractivity contribution in [3.05, 3.63) is 76.8 Å². The van der Waals surface area contributed by atoms with Gasteiger partial charge in [0.05, 0.1) is 17.7 Å². The quantitative estimate of drug-likeness (QED) is 0.550. The Morgan fingerprint density at radius 3 is 2.42 bits per heavy atom. The molecule has 2 heterocycles. The highest BCUT2D eigenvalue weighted by atomic mass is 32.1. The van der Waals surface area contributed by atoms with E-state index in [9.17, 15) is 27.6 Å². The van der Waals surface area contributed by atoms with Crippen molar-refractivity contribution in [1.29, 1.82) is 0 Å². The molecule has 1 aliphatic heterocycles. The number of benzene rings is 2. The van der Waals surface area contributed by atoms with Gasteiger partial charge in [-0.15, -0.1) is 11.3 Å². The minimum atomic E-state index is -4.43. The number of rotatable bonds is 5. The molecule has 1 aliphatic rings. The van der Waals surface area contributed by atoms with Crippen molar-refractivity contribution in [2.75, 3.05) is 0 Å². The zero-order valence-electron chi connectivity index (χ0n) is 17.1. The smallest absolute Gasteiger partial charge is 0.318 e. The Bertz CT molecular complexity index is 1210. The predicted octanol–water partition coefficient (Wildman–Crippen LogP) is 3.87. The van der Waals surface area contributed by atoms with Crippen LogP contribution in [-0.4, -0.2) is 27.8 Å². The van der Waals surface area contributed by atoms with E-state index in [0.29, 0.717) is 26.8 Å². The Morgan fingerprint density at radius 1 is 1.12 bits per heavy atom. The van der Waals surface area contributed by atoms with Gasteiger partial charge in [0.15, 0.2) is 0 Å². The third-order valence-corrected chi connectivity index (χ3v) is 6.07. The molecule has 2 aromatic carbocycles. The summed E-state index contributed by atoms with van der Waals surface area (Å²) in [6.45, 7) is 1.55. The maximum atomic E-state index is 12.8. The Morgan fingerprint density at radius 2 is 1.79 bits per heavy atom. The molecule has 0 spiro atoms. The fraction of sp³-hybridized carbons (Fsp3) is 0.182. The van der Waals surface area contributed by atoms with Crippen LogP contribution in [0.2, 0.25) is 0 Å². The lowest BCUT2D eigenvalue weighted by atomic mass is 9.92. The predicted molar refractivity (Wildman–Crippen MR) is 114 cm³/mol. The largest absolute Gasteiger partial charge is 0.416 e. The van der Waals surface area contributed by atoms with E-state index < -0.39 is 35.1 Å². The van der Waals surface area contributed by atoms with Gasteiger partial charge in [0.2, 0.25) is 5.91 Å². The molecule has 170 valence electrons. The zero-order valence-corrected chi connectivity index (χ0v) is 18.0. The van der Waals surface area contributed by atoms with Gasteiger partial charge in [0.1, 0.15) is 10.5 Å². The van der Waals surface area contributed by atoms with Crippen LogP contribution < -0.4 is 10.7 Å². The number of urea groups is 1. The van der Waals surface area contributed by atoms with E-state index in [1.165, 1.54) is 23.5 Å². The van der Waals surface area contributed by atoms with Gasteiger partial charge in [-0.2, -0.15) is 18.2 Å². The van der Waals surface area contributed by atoms with Crippen LogP contribution in [0.1, 0.15) is 23.7 Å².